The fourth-order valence-corrected chi connectivity index (χ4v) is 2.11. The first kappa shape index (κ1) is 11.5. The van der Waals surface area contributed by atoms with Crippen LogP contribution in [0.2, 0.25) is 0 Å². The van der Waals surface area contributed by atoms with E-state index < -0.39 is 17.7 Å². The zero-order chi connectivity index (χ0) is 11.7. The lowest BCUT2D eigenvalue weighted by atomic mass is 9.99. The Balaban J connectivity index is 2.23. The van der Waals surface area contributed by atoms with Gasteiger partial charge in [0.25, 0.3) is 0 Å². The summed E-state index contributed by atoms with van der Waals surface area (Å²) in [5.74, 6) is -1.20. The molecule has 1 aliphatic heterocycles. The summed E-state index contributed by atoms with van der Waals surface area (Å²) < 4.78 is 32.5. The van der Waals surface area contributed by atoms with Gasteiger partial charge < -0.3 is 10.5 Å². The van der Waals surface area contributed by atoms with E-state index in [0.717, 1.165) is 12.8 Å². The molecule has 2 nitrogen and oxygen atoms in total. The molecule has 1 saturated heterocycles. The van der Waals surface area contributed by atoms with Crippen molar-refractivity contribution in [3.63, 3.8) is 0 Å². The molecule has 4 heteroatoms. The van der Waals surface area contributed by atoms with Crippen molar-refractivity contribution < 1.29 is 13.5 Å². The van der Waals surface area contributed by atoms with Crippen LogP contribution in [0.5, 0.6) is 0 Å². The normalized spacial score (nSPS) is 27.0. The van der Waals surface area contributed by atoms with Crippen LogP contribution in [0.3, 0.4) is 0 Å². The Morgan fingerprint density at radius 1 is 1.31 bits per heavy atom. The van der Waals surface area contributed by atoms with E-state index in [4.69, 9.17) is 10.5 Å². The van der Waals surface area contributed by atoms with Crippen LogP contribution in [0.15, 0.2) is 18.2 Å². The highest BCUT2D eigenvalue weighted by Crippen LogP contribution is 2.30. The van der Waals surface area contributed by atoms with Crippen molar-refractivity contribution in [2.24, 2.45) is 5.73 Å². The Bertz CT molecular complexity index is 363. The molecular formula is C12H15F2NO. The van der Waals surface area contributed by atoms with Gasteiger partial charge in [0.1, 0.15) is 11.6 Å². The number of ether oxygens (including phenoxy) is 1. The van der Waals surface area contributed by atoms with Gasteiger partial charge in [0.2, 0.25) is 0 Å². The van der Waals surface area contributed by atoms with Crippen LogP contribution in [0, 0.1) is 11.6 Å². The molecule has 16 heavy (non-hydrogen) atoms. The third-order valence-electron chi connectivity index (χ3n) is 3.00. The van der Waals surface area contributed by atoms with Crippen molar-refractivity contribution in [2.45, 2.75) is 38.0 Å². The van der Waals surface area contributed by atoms with Gasteiger partial charge >= 0.3 is 0 Å². The number of hydrogen-bond acceptors (Lipinski definition) is 2. The van der Waals surface area contributed by atoms with Crippen LogP contribution >= 0.6 is 0 Å². The van der Waals surface area contributed by atoms with Crippen molar-refractivity contribution in [1.82, 2.24) is 0 Å². The van der Waals surface area contributed by atoms with Gasteiger partial charge in [0, 0.05) is 5.56 Å². The van der Waals surface area contributed by atoms with Crippen LogP contribution in [0.4, 0.5) is 8.78 Å². The minimum absolute atomic E-state index is 0.0680. The van der Waals surface area contributed by atoms with E-state index in [0.29, 0.717) is 0 Å². The van der Waals surface area contributed by atoms with Crippen molar-refractivity contribution in [2.75, 3.05) is 0 Å². The summed E-state index contributed by atoms with van der Waals surface area (Å²) in [6.45, 7) is 1.93. The molecule has 3 atom stereocenters. The first-order valence-corrected chi connectivity index (χ1v) is 5.44. The Labute approximate surface area is 93.4 Å². The minimum Gasteiger partial charge on any atom is -0.373 e. The number of halogens is 2. The molecule has 1 aromatic carbocycles. The van der Waals surface area contributed by atoms with Crippen molar-refractivity contribution in [3.05, 3.63) is 35.4 Å². The summed E-state index contributed by atoms with van der Waals surface area (Å²) in [5.41, 5.74) is 5.79. The second-order valence-corrected chi connectivity index (χ2v) is 4.22. The molecule has 1 fully saturated rings. The maximum absolute atomic E-state index is 13.5. The first-order chi connectivity index (χ1) is 7.59. The van der Waals surface area contributed by atoms with E-state index in [2.05, 4.69) is 0 Å². The Hall–Kier alpha value is -1.00. The molecule has 3 unspecified atom stereocenters. The summed E-state index contributed by atoms with van der Waals surface area (Å²) >= 11 is 0. The predicted molar refractivity (Wildman–Crippen MR) is 56.9 cm³/mol. The zero-order valence-corrected chi connectivity index (χ0v) is 9.12. The average molecular weight is 227 g/mol. The van der Waals surface area contributed by atoms with Gasteiger partial charge in [0.05, 0.1) is 18.2 Å². The third-order valence-corrected chi connectivity index (χ3v) is 3.00. The van der Waals surface area contributed by atoms with Crippen LogP contribution in [-0.4, -0.2) is 12.2 Å². The summed E-state index contributed by atoms with van der Waals surface area (Å²) in [5, 5.41) is 0. The summed E-state index contributed by atoms with van der Waals surface area (Å²) in [6, 6.07) is 3.04. The zero-order valence-electron chi connectivity index (χ0n) is 9.12. The van der Waals surface area contributed by atoms with Gasteiger partial charge in [0.15, 0.2) is 0 Å². The second-order valence-electron chi connectivity index (χ2n) is 4.22. The quantitative estimate of drug-likeness (QED) is 0.842. The maximum atomic E-state index is 13.5. The molecule has 0 bridgehead atoms. The lowest BCUT2D eigenvalue weighted by Gasteiger charge is -2.20. The van der Waals surface area contributed by atoms with Gasteiger partial charge in [-0.15, -0.1) is 0 Å². The molecule has 88 valence electrons. The van der Waals surface area contributed by atoms with Gasteiger partial charge in [-0.1, -0.05) is 6.07 Å². The van der Waals surface area contributed by atoms with E-state index in [1.165, 1.54) is 18.2 Å². The van der Waals surface area contributed by atoms with Crippen LogP contribution < -0.4 is 5.73 Å². The van der Waals surface area contributed by atoms with Gasteiger partial charge in [-0.25, -0.2) is 8.78 Å². The Morgan fingerprint density at radius 2 is 1.94 bits per heavy atom. The molecular weight excluding hydrogens is 212 g/mol. The van der Waals surface area contributed by atoms with E-state index in [9.17, 15) is 8.78 Å². The molecule has 0 saturated carbocycles. The fraction of sp³-hybridized carbons (Fsp3) is 0.500. The number of hydrogen-bond donors (Lipinski definition) is 1. The van der Waals surface area contributed by atoms with Crippen LogP contribution in [-0.2, 0) is 4.74 Å². The van der Waals surface area contributed by atoms with Crippen molar-refractivity contribution in [3.8, 4) is 0 Å². The van der Waals surface area contributed by atoms with Crippen LogP contribution in [0.1, 0.15) is 31.4 Å². The van der Waals surface area contributed by atoms with Crippen molar-refractivity contribution in [1.29, 1.82) is 0 Å². The highest BCUT2D eigenvalue weighted by atomic mass is 19.1. The topological polar surface area (TPSA) is 35.2 Å². The SMILES string of the molecule is CC1CCC(C(N)c2c(F)cccc2F)O1. The highest BCUT2D eigenvalue weighted by molar-refractivity contribution is 5.24. The van der Waals surface area contributed by atoms with Gasteiger partial charge in [-0.05, 0) is 31.9 Å². The molecule has 1 heterocycles. The van der Waals surface area contributed by atoms with E-state index in [-0.39, 0.29) is 17.8 Å². The summed E-state index contributed by atoms with van der Waals surface area (Å²) in [6.07, 6.45) is 1.46. The fourth-order valence-electron chi connectivity index (χ4n) is 2.11. The minimum atomic E-state index is -0.730. The highest BCUT2D eigenvalue weighted by Gasteiger charge is 2.31. The lowest BCUT2D eigenvalue weighted by molar-refractivity contribution is 0.0387. The molecule has 0 amide bonds. The number of nitrogens with two attached hydrogens (primary N) is 1. The largest absolute Gasteiger partial charge is 0.373 e. The number of rotatable bonds is 2. The molecule has 2 N–H and O–H groups in total. The Kier molecular flexibility index (Phi) is 3.21. The average Bonchev–Trinajstić information content (AvgIpc) is 2.64. The van der Waals surface area contributed by atoms with Gasteiger partial charge in [-0.2, -0.15) is 0 Å². The lowest BCUT2D eigenvalue weighted by Crippen LogP contribution is -2.28. The summed E-state index contributed by atoms with van der Waals surface area (Å²) in [4.78, 5) is 0. The van der Waals surface area contributed by atoms with Gasteiger partial charge in [-0.3, -0.25) is 0 Å². The monoisotopic (exact) mass is 227 g/mol. The Morgan fingerprint density at radius 3 is 2.44 bits per heavy atom. The maximum Gasteiger partial charge on any atom is 0.131 e. The van der Waals surface area contributed by atoms with Crippen molar-refractivity contribution >= 4 is 0 Å². The van der Waals surface area contributed by atoms with E-state index >= 15 is 0 Å². The van der Waals surface area contributed by atoms with E-state index in [1.54, 1.807) is 0 Å². The second kappa shape index (κ2) is 4.47. The van der Waals surface area contributed by atoms with E-state index in [1.807, 2.05) is 6.92 Å². The molecule has 0 spiro atoms. The third kappa shape index (κ3) is 2.08. The molecule has 0 aliphatic carbocycles. The standard InChI is InChI=1S/C12H15F2NO/c1-7-5-6-10(16-7)12(15)11-8(13)3-2-4-9(11)14/h2-4,7,10,12H,5-6,15H2,1H3. The first-order valence-electron chi connectivity index (χ1n) is 5.44. The molecule has 2 rings (SSSR count). The molecule has 1 aliphatic rings. The van der Waals surface area contributed by atoms with Crippen LogP contribution in [0.25, 0.3) is 0 Å². The predicted octanol–water partition coefficient (Wildman–Crippen LogP) is 2.53. The smallest absolute Gasteiger partial charge is 0.131 e. The molecule has 0 radical (unpaired) electrons. The number of benzene rings is 1. The molecule has 1 aromatic rings. The summed E-state index contributed by atoms with van der Waals surface area (Å²) in [7, 11) is 0. The molecule has 0 aromatic heterocycles.